The van der Waals surface area contributed by atoms with Crippen LogP contribution >= 0.6 is 0 Å². The molecule has 0 aromatic heterocycles. The number of amides is 4. The second kappa shape index (κ2) is 8.56. The molecule has 114 valence electrons. The molecule has 0 aromatic carbocycles. The molecule has 0 aliphatic heterocycles. The third-order valence-corrected chi connectivity index (χ3v) is 2.08. The highest BCUT2D eigenvalue weighted by atomic mass is 16.4. The van der Waals surface area contributed by atoms with E-state index in [9.17, 15) is 19.2 Å². The molecule has 0 fully saturated rings. The van der Waals surface area contributed by atoms with Crippen LogP contribution in [-0.2, 0) is 9.59 Å². The summed E-state index contributed by atoms with van der Waals surface area (Å²) in [6, 6.07) is -2.66. The number of hydrogen-bond donors (Lipinski definition) is 5. The van der Waals surface area contributed by atoms with Crippen molar-refractivity contribution < 1.29 is 29.4 Å². The van der Waals surface area contributed by atoms with Gasteiger partial charge in [0.2, 0.25) is 0 Å². The average molecular weight is 290 g/mol. The summed E-state index contributed by atoms with van der Waals surface area (Å²) in [5.74, 6) is -2.78. The molecule has 0 heterocycles. The Morgan fingerprint density at radius 2 is 1.60 bits per heavy atom. The third kappa shape index (κ3) is 7.74. The van der Waals surface area contributed by atoms with Gasteiger partial charge in [-0.3, -0.25) is 4.79 Å². The number of rotatable bonds is 7. The maximum atomic E-state index is 11.3. The lowest BCUT2D eigenvalue weighted by atomic mass is 10.2. The topological polar surface area (TPSA) is 148 Å². The molecule has 0 spiro atoms. The first-order valence-corrected chi connectivity index (χ1v) is 5.68. The van der Waals surface area contributed by atoms with Crippen LogP contribution in [0.3, 0.4) is 0 Å². The summed E-state index contributed by atoms with van der Waals surface area (Å²) in [5.41, 5.74) is 0. The van der Waals surface area contributed by atoms with Crippen LogP contribution in [0.5, 0.6) is 0 Å². The summed E-state index contributed by atoms with van der Waals surface area (Å²) in [6.45, 7) is 0.228. The van der Waals surface area contributed by atoms with Gasteiger partial charge in [0, 0.05) is 27.2 Å². The summed E-state index contributed by atoms with van der Waals surface area (Å²) < 4.78 is 0. The van der Waals surface area contributed by atoms with Gasteiger partial charge in [0.05, 0.1) is 6.42 Å². The number of nitrogens with zero attached hydrogens (tertiary/aromatic N) is 1. The second-order valence-corrected chi connectivity index (χ2v) is 4.02. The van der Waals surface area contributed by atoms with Crippen LogP contribution in [0, 0.1) is 0 Å². The van der Waals surface area contributed by atoms with Crippen molar-refractivity contribution in [2.75, 3.05) is 27.2 Å². The van der Waals surface area contributed by atoms with Crippen molar-refractivity contribution in [3.8, 4) is 0 Å². The SMILES string of the molecule is CN(C)C(=O)NCCNC(=O)N[C@@H](CC(=O)O)C(=O)O. The van der Waals surface area contributed by atoms with Gasteiger partial charge in [-0.05, 0) is 0 Å². The van der Waals surface area contributed by atoms with Gasteiger partial charge < -0.3 is 31.1 Å². The molecule has 0 rings (SSSR count). The van der Waals surface area contributed by atoms with E-state index in [1.807, 2.05) is 5.32 Å². The molecular weight excluding hydrogens is 272 g/mol. The van der Waals surface area contributed by atoms with Gasteiger partial charge in [-0.25, -0.2) is 14.4 Å². The molecular formula is C10H18N4O6. The van der Waals surface area contributed by atoms with Gasteiger partial charge in [-0.1, -0.05) is 0 Å². The maximum Gasteiger partial charge on any atom is 0.326 e. The smallest absolute Gasteiger partial charge is 0.326 e. The van der Waals surface area contributed by atoms with Crippen molar-refractivity contribution in [3.63, 3.8) is 0 Å². The fourth-order valence-electron chi connectivity index (χ4n) is 1.09. The molecule has 0 aliphatic carbocycles. The molecule has 4 amide bonds. The average Bonchev–Trinajstić information content (AvgIpc) is 2.32. The van der Waals surface area contributed by atoms with Gasteiger partial charge in [-0.2, -0.15) is 0 Å². The molecule has 0 unspecified atom stereocenters. The number of carboxylic acid groups (broad SMARTS) is 2. The number of hydrogen-bond acceptors (Lipinski definition) is 4. The monoisotopic (exact) mass is 290 g/mol. The molecule has 20 heavy (non-hydrogen) atoms. The van der Waals surface area contributed by atoms with E-state index in [0.29, 0.717) is 0 Å². The van der Waals surface area contributed by atoms with E-state index in [2.05, 4.69) is 10.6 Å². The Kier molecular flexibility index (Phi) is 7.48. The highest BCUT2D eigenvalue weighted by Gasteiger charge is 2.22. The normalized spacial score (nSPS) is 11.1. The number of carbonyl (C=O) groups is 4. The molecule has 0 aromatic rings. The molecule has 10 heteroatoms. The van der Waals surface area contributed by atoms with Crippen LogP contribution in [0.2, 0.25) is 0 Å². The lowest BCUT2D eigenvalue weighted by Crippen LogP contribution is -2.48. The Balaban J connectivity index is 4.00. The third-order valence-electron chi connectivity index (χ3n) is 2.08. The summed E-state index contributed by atoms with van der Waals surface area (Å²) >= 11 is 0. The maximum absolute atomic E-state index is 11.3. The fraction of sp³-hybridized carbons (Fsp3) is 0.600. The summed E-state index contributed by atoms with van der Waals surface area (Å²) in [7, 11) is 3.11. The van der Waals surface area contributed by atoms with Gasteiger partial charge in [-0.15, -0.1) is 0 Å². The van der Waals surface area contributed by atoms with E-state index in [0.717, 1.165) is 0 Å². The van der Waals surface area contributed by atoms with E-state index in [4.69, 9.17) is 10.2 Å². The van der Waals surface area contributed by atoms with Gasteiger partial charge >= 0.3 is 24.0 Å². The van der Waals surface area contributed by atoms with Crippen molar-refractivity contribution in [3.05, 3.63) is 0 Å². The predicted octanol–water partition coefficient (Wildman–Crippen LogP) is -1.52. The Bertz CT molecular complexity index is 384. The fourth-order valence-corrected chi connectivity index (χ4v) is 1.09. The van der Waals surface area contributed by atoms with E-state index in [1.54, 1.807) is 14.1 Å². The van der Waals surface area contributed by atoms with Gasteiger partial charge in [0.15, 0.2) is 0 Å². The van der Waals surface area contributed by atoms with Crippen LogP contribution in [0.4, 0.5) is 9.59 Å². The lowest BCUT2D eigenvalue weighted by Gasteiger charge is -2.14. The zero-order valence-corrected chi connectivity index (χ0v) is 11.2. The summed E-state index contributed by atoms with van der Waals surface area (Å²) in [6.07, 6.45) is -0.722. The van der Waals surface area contributed by atoms with E-state index in [-0.39, 0.29) is 19.1 Å². The molecule has 0 bridgehead atoms. The van der Waals surface area contributed by atoms with E-state index < -0.39 is 30.4 Å². The van der Waals surface area contributed by atoms with E-state index in [1.165, 1.54) is 4.90 Å². The molecule has 0 aliphatic rings. The first-order valence-electron chi connectivity index (χ1n) is 5.68. The number of urea groups is 2. The zero-order valence-electron chi connectivity index (χ0n) is 11.2. The summed E-state index contributed by atoms with van der Waals surface area (Å²) in [4.78, 5) is 44.9. The highest BCUT2D eigenvalue weighted by Crippen LogP contribution is 1.92. The zero-order chi connectivity index (χ0) is 15.7. The first kappa shape index (κ1) is 17.5. The molecule has 10 nitrogen and oxygen atoms in total. The Labute approximate surface area is 115 Å². The second-order valence-electron chi connectivity index (χ2n) is 4.02. The largest absolute Gasteiger partial charge is 0.481 e. The van der Waals surface area contributed by atoms with Crippen molar-refractivity contribution in [2.45, 2.75) is 12.5 Å². The van der Waals surface area contributed by atoms with Crippen LogP contribution in [0.1, 0.15) is 6.42 Å². The van der Waals surface area contributed by atoms with Crippen molar-refractivity contribution in [1.29, 1.82) is 0 Å². The standard InChI is InChI=1S/C10H18N4O6/c1-14(2)10(20)12-4-3-11-9(19)13-6(8(17)18)5-7(15)16/h6H,3-5H2,1-2H3,(H,12,20)(H,15,16)(H,17,18)(H2,11,13,19)/t6-/m0/s1. The minimum absolute atomic E-state index is 0.0742. The first-order chi connectivity index (χ1) is 9.23. The number of aliphatic carboxylic acids is 2. The minimum atomic E-state index is -1.51. The molecule has 1 atom stereocenters. The lowest BCUT2D eigenvalue weighted by molar-refractivity contribution is -0.145. The number of carbonyl (C=O) groups excluding carboxylic acids is 2. The van der Waals surface area contributed by atoms with Crippen LogP contribution in [0.25, 0.3) is 0 Å². The van der Waals surface area contributed by atoms with Crippen molar-refractivity contribution >= 4 is 24.0 Å². The van der Waals surface area contributed by atoms with Crippen molar-refractivity contribution in [2.24, 2.45) is 0 Å². The molecule has 5 N–H and O–H groups in total. The number of carboxylic acids is 2. The molecule has 0 radical (unpaired) electrons. The quantitative estimate of drug-likeness (QED) is 0.360. The van der Waals surface area contributed by atoms with E-state index >= 15 is 0 Å². The molecule has 0 saturated heterocycles. The Hall–Kier alpha value is -2.52. The Morgan fingerprint density at radius 3 is 2.05 bits per heavy atom. The molecule has 0 saturated carbocycles. The van der Waals surface area contributed by atoms with Crippen LogP contribution in [0.15, 0.2) is 0 Å². The van der Waals surface area contributed by atoms with Gasteiger partial charge in [0.25, 0.3) is 0 Å². The minimum Gasteiger partial charge on any atom is -0.481 e. The van der Waals surface area contributed by atoms with Gasteiger partial charge in [0.1, 0.15) is 6.04 Å². The van der Waals surface area contributed by atoms with Crippen LogP contribution < -0.4 is 16.0 Å². The summed E-state index contributed by atoms with van der Waals surface area (Å²) in [5, 5.41) is 24.0. The predicted molar refractivity (Wildman–Crippen MR) is 67.3 cm³/mol. The highest BCUT2D eigenvalue weighted by molar-refractivity contribution is 5.86. The Morgan fingerprint density at radius 1 is 1.05 bits per heavy atom. The van der Waals surface area contributed by atoms with Crippen LogP contribution in [-0.4, -0.2) is 72.3 Å². The number of nitrogens with one attached hydrogen (secondary N) is 3. The van der Waals surface area contributed by atoms with Crippen molar-refractivity contribution in [1.82, 2.24) is 20.9 Å².